The first-order valence-electron chi connectivity index (χ1n) is 18.1. The standard InChI is InChI=1S/C23H24F2N6O.C14H13NO.C4H9N.C2H6/c1-14-7-4-5-8-15(14)19-16-13-27-23(32)31(20-17(24)9-6-10-18(20)25)21(16)29-22(28-19)26-11-12-30(2)3;1-11(16)15-14-9-7-13(8-10-14)12-5-3-2-4-6-12;1-3-4(2)5;1-2/h4-10H,11-13H2,1-3H3,(H,27,32)(H,26,28,29);2-10H,1H3,(H,15,16);3H,5H2,1-2H3;1-2H3/b;;4-3+;. The molecule has 12 heteroatoms. The molecule has 55 heavy (non-hydrogen) atoms. The van der Waals surface area contributed by atoms with Gasteiger partial charge in [-0.15, -0.1) is 0 Å². The molecule has 0 spiro atoms. The number of nitrogens with one attached hydrogen (secondary N) is 3. The van der Waals surface area contributed by atoms with Gasteiger partial charge in [-0.2, -0.15) is 4.98 Å². The van der Waals surface area contributed by atoms with Crippen molar-refractivity contribution in [1.82, 2.24) is 20.2 Å². The maximum absolute atomic E-state index is 14.7. The number of hydrogen-bond donors (Lipinski definition) is 4. The first-order valence-corrected chi connectivity index (χ1v) is 18.1. The van der Waals surface area contributed by atoms with Crippen molar-refractivity contribution in [2.24, 2.45) is 5.73 Å². The van der Waals surface area contributed by atoms with Gasteiger partial charge in [0.15, 0.2) is 5.82 Å². The fraction of sp³-hybridized carbons (Fsp3) is 0.256. The van der Waals surface area contributed by atoms with Gasteiger partial charge >= 0.3 is 6.03 Å². The second-order valence-electron chi connectivity index (χ2n) is 12.5. The van der Waals surface area contributed by atoms with Crippen LogP contribution >= 0.6 is 0 Å². The number of nitrogens with zero attached hydrogens (tertiary/aromatic N) is 4. The molecule has 0 fully saturated rings. The quantitative estimate of drug-likeness (QED) is 0.125. The van der Waals surface area contributed by atoms with Crippen LogP contribution in [0.1, 0.15) is 45.7 Å². The normalized spacial score (nSPS) is 11.7. The van der Waals surface area contributed by atoms with E-state index in [2.05, 4.69) is 33.1 Å². The van der Waals surface area contributed by atoms with Crippen molar-refractivity contribution in [2.45, 2.75) is 48.1 Å². The Morgan fingerprint density at radius 2 is 1.47 bits per heavy atom. The van der Waals surface area contributed by atoms with Crippen LogP contribution in [0, 0.1) is 18.6 Å². The number of fused-ring (bicyclic) bond motifs is 1. The summed E-state index contributed by atoms with van der Waals surface area (Å²) in [5.41, 5.74) is 11.7. The number of benzene rings is 4. The van der Waals surface area contributed by atoms with Crippen LogP contribution in [0.15, 0.2) is 109 Å². The van der Waals surface area contributed by atoms with Gasteiger partial charge in [-0.05, 0) is 75.8 Å². The molecule has 1 aliphatic heterocycles. The summed E-state index contributed by atoms with van der Waals surface area (Å²) < 4.78 is 29.3. The fourth-order valence-corrected chi connectivity index (χ4v) is 5.18. The van der Waals surface area contributed by atoms with E-state index >= 15 is 0 Å². The largest absolute Gasteiger partial charge is 0.403 e. The number of rotatable bonds is 8. The van der Waals surface area contributed by atoms with E-state index in [1.807, 2.05) is 126 Å². The molecule has 0 atom stereocenters. The SMILES string of the molecule is C/C=C(\C)N.CC.CC(=O)Nc1ccc(-c2ccccc2)cc1.Cc1ccccc1-c1nc(NCCN(C)C)nc2c1CNC(=O)N2c1c(F)cccc1F. The lowest BCUT2D eigenvalue weighted by molar-refractivity contribution is -0.114. The number of carbonyl (C=O) groups excluding carboxylic acids is 2. The van der Waals surface area contributed by atoms with Crippen LogP contribution < -0.4 is 26.6 Å². The number of aromatic nitrogens is 2. The number of para-hydroxylation sites is 1. The van der Waals surface area contributed by atoms with Crippen molar-refractivity contribution >= 4 is 35.1 Å². The molecule has 1 aromatic heterocycles. The number of amides is 3. The van der Waals surface area contributed by atoms with Crippen LogP contribution in [0.3, 0.4) is 0 Å². The minimum absolute atomic E-state index is 0.0486. The fourth-order valence-electron chi connectivity index (χ4n) is 5.18. The van der Waals surface area contributed by atoms with Crippen LogP contribution in [0.4, 0.5) is 36.7 Å². The van der Waals surface area contributed by atoms with E-state index in [-0.39, 0.29) is 24.2 Å². The van der Waals surface area contributed by atoms with Crippen LogP contribution in [0.5, 0.6) is 0 Å². The predicted octanol–water partition coefficient (Wildman–Crippen LogP) is 9.27. The van der Waals surface area contributed by atoms with Crippen molar-refractivity contribution in [3.8, 4) is 22.4 Å². The van der Waals surface area contributed by atoms with Crippen molar-refractivity contribution in [3.05, 3.63) is 132 Å². The molecule has 2 heterocycles. The second-order valence-corrected chi connectivity index (χ2v) is 12.5. The van der Waals surface area contributed by atoms with E-state index in [1.165, 1.54) is 18.6 Å². The molecule has 10 nitrogen and oxygen atoms in total. The Morgan fingerprint density at radius 1 is 0.891 bits per heavy atom. The predicted molar refractivity (Wildman–Crippen MR) is 221 cm³/mol. The molecule has 0 saturated heterocycles. The Labute approximate surface area is 323 Å². The molecule has 0 unspecified atom stereocenters. The summed E-state index contributed by atoms with van der Waals surface area (Å²) in [4.78, 5) is 35.8. The van der Waals surface area contributed by atoms with E-state index in [9.17, 15) is 18.4 Å². The Bertz CT molecular complexity index is 2010. The summed E-state index contributed by atoms with van der Waals surface area (Å²) in [7, 11) is 3.89. The minimum Gasteiger partial charge on any atom is -0.403 e. The molecular formula is C43H52F2N8O2. The summed E-state index contributed by atoms with van der Waals surface area (Å²) in [5.74, 6) is -1.33. The summed E-state index contributed by atoms with van der Waals surface area (Å²) in [6.45, 7) is 12.7. The minimum atomic E-state index is -0.855. The zero-order valence-electron chi connectivity index (χ0n) is 32.9. The third-order valence-electron chi connectivity index (χ3n) is 7.99. The number of hydrogen-bond acceptors (Lipinski definition) is 7. The van der Waals surface area contributed by atoms with Gasteiger partial charge in [-0.25, -0.2) is 23.5 Å². The van der Waals surface area contributed by atoms with Gasteiger partial charge in [0.25, 0.3) is 0 Å². The molecule has 290 valence electrons. The highest BCUT2D eigenvalue weighted by Gasteiger charge is 2.34. The van der Waals surface area contributed by atoms with Gasteiger partial charge < -0.3 is 26.6 Å². The Balaban J connectivity index is 0.000000293. The molecule has 6 rings (SSSR count). The summed E-state index contributed by atoms with van der Waals surface area (Å²) in [6.07, 6.45) is 1.86. The number of halogens is 2. The van der Waals surface area contributed by atoms with Gasteiger partial charge in [0, 0.05) is 42.5 Å². The highest BCUT2D eigenvalue weighted by Crippen LogP contribution is 2.39. The molecule has 0 saturated carbocycles. The number of aryl methyl sites for hydroxylation is 1. The monoisotopic (exact) mass is 750 g/mol. The number of likely N-dealkylation sites (N-methyl/N-ethyl adjacent to an activating group) is 1. The zero-order valence-corrected chi connectivity index (χ0v) is 32.9. The van der Waals surface area contributed by atoms with Gasteiger partial charge in [-0.3, -0.25) is 4.79 Å². The third kappa shape index (κ3) is 12.5. The Morgan fingerprint density at radius 3 is 2.04 bits per heavy atom. The zero-order chi connectivity index (χ0) is 40.5. The van der Waals surface area contributed by atoms with Gasteiger partial charge in [0.2, 0.25) is 11.9 Å². The first kappa shape index (κ1) is 43.3. The molecule has 5 aromatic rings. The van der Waals surface area contributed by atoms with Crippen molar-refractivity contribution < 1.29 is 18.4 Å². The maximum Gasteiger partial charge on any atom is 0.328 e. The maximum atomic E-state index is 14.7. The van der Waals surface area contributed by atoms with Crippen LogP contribution in [0.2, 0.25) is 0 Å². The molecule has 5 N–H and O–H groups in total. The van der Waals surface area contributed by atoms with Gasteiger partial charge in [-0.1, -0.05) is 92.7 Å². The lowest BCUT2D eigenvalue weighted by atomic mass is 10.00. The second kappa shape index (κ2) is 21.5. The van der Waals surface area contributed by atoms with Crippen LogP contribution in [-0.2, 0) is 11.3 Å². The molecule has 3 amide bonds. The van der Waals surface area contributed by atoms with Crippen molar-refractivity contribution in [1.29, 1.82) is 0 Å². The van der Waals surface area contributed by atoms with Crippen molar-refractivity contribution in [2.75, 3.05) is 42.7 Å². The average molecular weight is 751 g/mol. The van der Waals surface area contributed by atoms with Gasteiger partial charge in [0.1, 0.15) is 17.3 Å². The highest BCUT2D eigenvalue weighted by atomic mass is 19.1. The molecule has 0 bridgehead atoms. The van der Waals surface area contributed by atoms with E-state index in [4.69, 9.17) is 10.7 Å². The van der Waals surface area contributed by atoms with E-state index in [0.717, 1.165) is 51.7 Å². The molecule has 4 aromatic carbocycles. The highest BCUT2D eigenvalue weighted by molar-refractivity contribution is 6.02. The average Bonchev–Trinajstić information content (AvgIpc) is 3.17. The lowest BCUT2D eigenvalue weighted by Crippen LogP contribution is -2.43. The van der Waals surface area contributed by atoms with Crippen LogP contribution in [-0.4, -0.2) is 54.0 Å². The summed E-state index contributed by atoms with van der Waals surface area (Å²) >= 11 is 0. The third-order valence-corrected chi connectivity index (χ3v) is 7.99. The number of carbonyl (C=O) groups is 2. The molecule has 0 radical (unpaired) electrons. The molecular weight excluding hydrogens is 699 g/mol. The summed E-state index contributed by atoms with van der Waals surface area (Å²) in [5, 5.41) is 8.60. The molecule has 0 aliphatic carbocycles. The van der Waals surface area contributed by atoms with Crippen LogP contribution in [0.25, 0.3) is 22.4 Å². The Hall–Kier alpha value is -6.14. The lowest BCUT2D eigenvalue weighted by Gasteiger charge is -2.31. The number of nitrogens with two attached hydrogens (primary N) is 1. The first-order chi connectivity index (χ1) is 26.4. The van der Waals surface area contributed by atoms with E-state index in [1.54, 1.807) is 0 Å². The number of allylic oxidation sites excluding steroid dienone is 2. The number of anilines is 4. The van der Waals surface area contributed by atoms with Crippen molar-refractivity contribution in [3.63, 3.8) is 0 Å². The Kier molecular flexibility index (Phi) is 16.9. The van der Waals surface area contributed by atoms with Gasteiger partial charge in [0.05, 0.1) is 12.2 Å². The van der Waals surface area contributed by atoms with E-state index in [0.29, 0.717) is 17.8 Å². The summed E-state index contributed by atoms with van der Waals surface area (Å²) in [6, 6.07) is 28.5. The topological polar surface area (TPSA) is 129 Å². The van der Waals surface area contributed by atoms with E-state index < -0.39 is 23.4 Å². The molecule has 1 aliphatic rings. The number of urea groups is 1. The smallest absolute Gasteiger partial charge is 0.328 e.